The fourth-order valence-electron chi connectivity index (χ4n) is 3.24. The van der Waals surface area contributed by atoms with Gasteiger partial charge in [0.05, 0.1) is 18.1 Å². The number of hydrogen-bond donors (Lipinski definition) is 1. The lowest BCUT2D eigenvalue weighted by molar-refractivity contribution is -0.137. The second-order valence-electron chi connectivity index (χ2n) is 9.49. The molecule has 0 unspecified atom stereocenters. The van der Waals surface area contributed by atoms with Gasteiger partial charge in [-0.15, -0.1) is 0 Å². The summed E-state index contributed by atoms with van der Waals surface area (Å²) in [4.78, 5) is 49.4. The zero-order valence-electron chi connectivity index (χ0n) is 21.4. The first-order valence-corrected chi connectivity index (χ1v) is 11.5. The van der Waals surface area contributed by atoms with Crippen molar-refractivity contribution in [2.24, 2.45) is 5.92 Å². The SMILES string of the molecule is COC(=O)c1ccc(Oc2coc3cc(OC(=O)[C@@H](NC(=O)OC(C)(C)C)C(C)C)ccc3c2=O)cc1. The third kappa shape index (κ3) is 7.09. The summed E-state index contributed by atoms with van der Waals surface area (Å²) in [5.74, 6) is -1.08. The van der Waals surface area contributed by atoms with E-state index in [1.54, 1.807) is 34.6 Å². The molecule has 196 valence electrons. The van der Waals surface area contributed by atoms with Crippen molar-refractivity contribution in [3.63, 3.8) is 0 Å². The minimum Gasteiger partial charge on any atom is -0.465 e. The number of benzene rings is 2. The van der Waals surface area contributed by atoms with Crippen molar-refractivity contribution < 1.29 is 37.7 Å². The number of carbonyl (C=O) groups is 3. The zero-order chi connectivity index (χ0) is 27.3. The van der Waals surface area contributed by atoms with Crippen LogP contribution in [0.1, 0.15) is 45.0 Å². The van der Waals surface area contributed by atoms with Crippen molar-refractivity contribution in [2.45, 2.75) is 46.3 Å². The highest BCUT2D eigenvalue weighted by Crippen LogP contribution is 2.25. The van der Waals surface area contributed by atoms with Gasteiger partial charge < -0.3 is 28.7 Å². The molecule has 0 fully saturated rings. The molecule has 37 heavy (non-hydrogen) atoms. The first-order chi connectivity index (χ1) is 17.4. The first-order valence-electron chi connectivity index (χ1n) is 11.5. The number of nitrogens with one attached hydrogen (secondary N) is 1. The summed E-state index contributed by atoms with van der Waals surface area (Å²) in [5, 5.41) is 2.74. The summed E-state index contributed by atoms with van der Waals surface area (Å²) in [6.07, 6.45) is 0.408. The van der Waals surface area contributed by atoms with Crippen molar-refractivity contribution in [3.05, 3.63) is 64.5 Å². The van der Waals surface area contributed by atoms with E-state index in [4.69, 9.17) is 18.6 Å². The maximum absolute atomic E-state index is 12.9. The molecular weight excluding hydrogens is 482 g/mol. The Bertz CT molecular complexity index is 1350. The molecule has 0 aliphatic heterocycles. The van der Waals surface area contributed by atoms with Crippen LogP contribution in [0.5, 0.6) is 17.2 Å². The predicted molar refractivity (Wildman–Crippen MR) is 134 cm³/mol. The second-order valence-corrected chi connectivity index (χ2v) is 9.49. The maximum Gasteiger partial charge on any atom is 0.408 e. The molecule has 1 aromatic heterocycles. The van der Waals surface area contributed by atoms with Gasteiger partial charge >= 0.3 is 18.0 Å². The molecule has 10 nitrogen and oxygen atoms in total. The van der Waals surface area contributed by atoms with Gasteiger partial charge in [0.15, 0.2) is 0 Å². The summed E-state index contributed by atoms with van der Waals surface area (Å²) in [5.41, 5.74) is -0.656. The van der Waals surface area contributed by atoms with E-state index in [1.165, 1.54) is 49.6 Å². The Labute approximate surface area is 213 Å². The van der Waals surface area contributed by atoms with Crippen molar-refractivity contribution >= 4 is 29.0 Å². The van der Waals surface area contributed by atoms with Gasteiger partial charge in [0.2, 0.25) is 11.2 Å². The maximum atomic E-state index is 12.9. The van der Waals surface area contributed by atoms with E-state index in [9.17, 15) is 19.2 Å². The Morgan fingerprint density at radius 3 is 2.22 bits per heavy atom. The number of fused-ring (bicyclic) bond motifs is 1. The number of amides is 1. The minimum atomic E-state index is -0.959. The quantitative estimate of drug-likeness (QED) is 0.350. The van der Waals surface area contributed by atoms with E-state index in [1.807, 2.05) is 0 Å². The molecule has 1 amide bonds. The summed E-state index contributed by atoms with van der Waals surface area (Å²) >= 11 is 0. The van der Waals surface area contributed by atoms with Gasteiger partial charge in [-0.25, -0.2) is 14.4 Å². The van der Waals surface area contributed by atoms with Gasteiger partial charge in [-0.1, -0.05) is 13.8 Å². The molecule has 3 aromatic rings. The van der Waals surface area contributed by atoms with Gasteiger partial charge in [-0.2, -0.15) is 0 Å². The Kier molecular flexibility index (Phi) is 8.21. The standard InChI is InChI=1S/C27H29NO9/c1-15(2)22(28-26(32)37-27(3,4)5)25(31)36-18-11-12-19-20(13-18)34-14-21(23(19)29)35-17-9-7-16(8-10-17)24(30)33-6/h7-15,22H,1-6H3,(H,28,32)/t22-/m0/s1. The molecular formula is C27H29NO9. The molecule has 0 aliphatic rings. The van der Waals surface area contributed by atoms with Crippen LogP contribution in [-0.4, -0.2) is 36.8 Å². The van der Waals surface area contributed by atoms with Crippen LogP contribution in [0, 0.1) is 5.92 Å². The molecule has 0 saturated heterocycles. The molecule has 3 rings (SSSR count). The average Bonchev–Trinajstić information content (AvgIpc) is 2.83. The Morgan fingerprint density at radius 1 is 0.973 bits per heavy atom. The predicted octanol–water partition coefficient (Wildman–Crippen LogP) is 4.83. The third-order valence-corrected chi connectivity index (χ3v) is 5.03. The molecule has 2 aromatic carbocycles. The van der Waals surface area contributed by atoms with E-state index in [0.717, 1.165) is 6.26 Å². The summed E-state index contributed by atoms with van der Waals surface area (Å²) in [7, 11) is 1.28. The number of esters is 2. The van der Waals surface area contributed by atoms with Crippen LogP contribution in [-0.2, 0) is 14.3 Å². The third-order valence-electron chi connectivity index (χ3n) is 5.03. The van der Waals surface area contributed by atoms with Crippen molar-refractivity contribution in [2.75, 3.05) is 7.11 Å². The minimum absolute atomic E-state index is 0.0653. The topological polar surface area (TPSA) is 130 Å². The monoisotopic (exact) mass is 511 g/mol. The highest BCUT2D eigenvalue weighted by atomic mass is 16.6. The van der Waals surface area contributed by atoms with E-state index in [-0.39, 0.29) is 28.4 Å². The molecule has 0 radical (unpaired) electrons. The van der Waals surface area contributed by atoms with Gasteiger partial charge in [0.25, 0.3) is 0 Å². The molecule has 0 aliphatic carbocycles. The van der Waals surface area contributed by atoms with Crippen molar-refractivity contribution in [1.29, 1.82) is 0 Å². The van der Waals surface area contributed by atoms with Crippen molar-refractivity contribution in [3.8, 4) is 17.2 Å². The van der Waals surface area contributed by atoms with Gasteiger partial charge in [0, 0.05) is 6.07 Å². The zero-order valence-corrected chi connectivity index (χ0v) is 21.4. The lowest BCUT2D eigenvalue weighted by Crippen LogP contribution is -2.48. The molecule has 1 atom stereocenters. The Hall–Kier alpha value is -4.34. The Morgan fingerprint density at radius 2 is 1.62 bits per heavy atom. The number of rotatable bonds is 7. The number of carbonyl (C=O) groups excluding carboxylic acids is 3. The van der Waals surface area contributed by atoms with E-state index >= 15 is 0 Å². The van der Waals surface area contributed by atoms with Gasteiger partial charge in [-0.05, 0) is 63.1 Å². The number of hydrogen-bond acceptors (Lipinski definition) is 9. The highest BCUT2D eigenvalue weighted by Gasteiger charge is 2.28. The van der Waals surface area contributed by atoms with Crippen LogP contribution in [0.25, 0.3) is 11.0 Å². The van der Waals surface area contributed by atoms with Gasteiger partial charge in [0.1, 0.15) is 35.0 Å². The number of ether oxygens (including phenoxy) is 4. The molecule has 1 heterocycles. The first kappa shape index (κ1) is 27.3. The summed E-state index contributed by atoms with van der Waals surface area (Å²) in [6, 6.07) is 9.38. The Balaban J connectivity index is 1.75. The van der Waals surface area contributed by atoms with E-state index in [2.05, 4.69) is 10.1 Å². The van der Waals surface area contributed by atoms with E-state index < -0.39 is 35.1 Å². The van der Waals surface area contributed by atoms with Crippen LogP contribution in [0.2, 0.25) is 0 Å². The average molecular weight is 512 g/mol. The number of methoxy groups -OCH3 is 1. The van der Waals surface area contributed by atoms with Crippen molar-refractivity contribution in [1.82, 2.24) is 5.32 Å². The molecule has 10 heteroatoms. The molecule has 0 bridgehead atoms. The highest BCUT2D eigenvalue weighted by molar-refractivity contribution is 5.89. The van der Waals surface area contributed by atoms with Crippen LogP contribution >= 0.6 is 0 Å². The van der Waals surface area contributed by atoms with Gasteiger partial charge in [-0.3, -0.25) is 4.79 Å². The van der Waals surface area contributed by atoms with Crippen LogP contribution in [0.4, 0.5) is 4.79 Å². The fraction of sp³-hybridized carbons (Fsp3) is 0.333. The van der Waals surface area contributed by atoms with Crippen LogP contribution in [0.3, 0.4) is 0 Å². The van der Waals surface area contributed by atoms with Crippen LogP contribution < -0.4 is 20.2 Å². The largest absolute Gasteiger partial charge is 0.465 e. The number of alkyl carbamates (subject to hydrolysis) is 1. The summed E-state index contributed by atoms with van der Waals surface area (Å²) in [6.45, 7) is 8.67. The molecule has 1 N–H and O–H groups in total. The fourth-order valence-corrected chi connectivity index (χ4v) is 3.24. The smallest absolute Gasteiger partial charge is 0.408 e. The summed E-state index contributed by atoms with van der Waals surface area (Å²) < 4.78 is 26.5. The lowest BCUT2D eigenvalue weighted by Gasteiger charge is -2.24. The normalized spacial score (nSPS) is 12.1. The molecule has 0 saturated carbocycles. The van der Waals surface area contributed by atoms with E-state index in [0.29, 0.717) is 11.3 Å². The van der Waals surface area contributed by atoms with Crippen LogP contribution in [0.15, 0.2) is 57.9 Å². The second kappa shape index (κ2) is 11.2. The lowest BCUT2D eigenvalue weighted by atomic mass is 10.1. The molecule has 0 spiro atoms.